The van der Waals surface area contributed by atoms with Crippen molar-refractivity contribution in [3.63, 3.8) is 0 Å². The highest BCUT2D eigenvalue weighted by Gasteiger charge is 2.22. The fourth-order valence-electron chi connectivity index (χ4n) is 3.28. The molecule has 0 saturated heterocycles. The third kappa shape index (κ3) is 3.81. The van der Waals surface area contributed by atoms with Crippen LogP contribution in [0.2, 0.25) is 0 Å². The molecule has 1 aliphatic rings. The lowest BCUT2D eigenvalue weighted by atomic mass is 10.1. The maximum atomic E-state index is 5.58. The Kier molecular flexibility index (Phi) is 5.04. The van der Waals surface area contributed by atoms with Crippen LogP contribution in [0.15, 0.2) is 48.9 Å². The molecule has 1 aromatic carbocycles. The number of imidazole rings is 1. The van der Waals surface area contributed by atoms with Gasteiger partial charge >= 0.3 is 0 Å². The summed E-state index contributed by atoms with van der Waals surface area (Å²) in [6, 6.07) is 12.9. The minimum absolute atomic E-state index is 0.841. The number of fused-ring (bicyclic) bond motifs is 1. The maximum Gasteiger partial charge on any atom is 0.174 e. The third-order valence-corrected chi connectivity index (χ3v) is 6.15. The lowest BCUT2D eigenvalue weighted by molar-refractivity contribution is 0.391. The molecule has 3 aromatic rings. The zero-order chi connectivity index (χ0) is 17.9. The Balaban J connectivity index is 1.38. The molecule has 0 fully saturated rings. The van der Waals surface area contributed by atoms with Crippen molar-refractivity contribution in [1.29, 1.82) is 0 Å². The Hall–Kier alpha value is -2.18. The van der Waals surface area contributed by atoms with Crippen LogP contribution in [0.4, 0.5) is 5.00 Å². The number of thiocarbonyl (C=S) groups is 1. The van der Waals surface area contributed by atoms with E-state index in [4.69, 9.17) is 12.2 Å². The molecule has 4 nitrogen and oxygen atoms in total. The smallest absolute Gasteiger partial charge is 0.174 e. The first-order valence-corrected chi connectivity index (χ1v) is 10.1. The van der Waals surface area contributed by atoms with Crippen molar-refractivity contribution in [3.05, 3.63) is 70.6 Å². The Morgan fingerprint density at radius 3 is 2.85 bits per heavy atom. The van der Waals surface area contributed by atoms with E-state index in [0.717, 1.165) is 37.6 Å². The molecule has 0 spiro atoms. The highest BCUT2D eigenvalue weighted by atomic mass is 32.1. The average Bonchev–Trinajstić information content (AvgIpc) is 3.21. The third-order valence-electron chi connectivity index (χ3n) is 4.70. The van der Waals surface area contributed by atoms with Gasteiger partial charge in [-0.15, -0.1) is 11.3 Å². The molecule has 0 amide bonds. The van der Waals surface area contributed by atoms with Gasteiger partial charge in [-0.25, -0.2) is 4.98 Å². The quantitative estimate of drug-likeness (QED) is 0.639. The molecule has 2 aromatic heterocycles. The number of aryl methyl sites for hydroxylation is 2. The monoisotopic (exact) mass is 382 g/mol. The molecule has 0 atom stereocenters. The van der Waals surface area contributed by atoms with Gasteiger partial charge in [-0.3, -0.25) is 0 Å². The van der Waals surface area contributed by atoms with Gasteiger partial charge in [-0.1, -0.05) is 30.3 Å². The van der Waals surface area contributed by atoms with E-state index >= 15 is 0 Å². The summed E-state index contributed by atoms with van der Waals surface area (Å²) in [5.74, 6) is 0. The second-order valence-electron chi connectivity index (χ2n) is 6.66. The fraction of sp³-hybridized carbons (Fsp3) is 0.300. The van der Waals surface area contributed by atoms with E-state index < -0.39 is 0 Å². The van der Waals surface area contributed by atoms with Crippen LogP contribution in [-0.2, 0) is 19.5 Å². The molecule has 1 aliphatic heterocycles. The highest BCUT2D eigenvalue weighted by Crippen LogP contribution is 2.34. The van der Waals surface area contributed by atoms with E-state index in [1.165, 1.54) is 26.7 Å². The van der Waals surface area contributed by atoms with E-state index in [2.05, 4.69) is 63.1 Å². The van der Waals surface area contributed by atoms with Crippen molar-refractivity contribution in [2.45, 2.75) is 32.9 Å². The summed E-state index contributed by atoms with van der Waals surface area (Å²) in [6.07, 6.45) is 5.83. The predicted molar refractivity (Wildman–Crippen MR) is 112 cm³/mol. The molecule has 1 N–H and O–H groups in total. The topological polar surface area (TPSA) is 33.1 Å². The molecule has 4 rings (SSSR count). The zero-order valence-electron chi connectivity index (χ0n) is 14.8. The van der Waals surface area contributed by atoms with E-state index in [1.807, 2.05) is 23.9 Å². The predicted octanol–water partition coefficient (Wildman–Crippen LogP) is 4.45. The number of aromatic nitrogens is 2. The van der Waals surface area contributed by atoms with Crippen LogP contribution in [0.5, 0.6) is 0 Å². The van der Waals surface area contributed by atoms with Crippen molar-refractivity contribution >= 4 is 33.7 Å². The molecule has 6 heteroatoms. The number of nitrogens with zero attached hydrogens (tertiary/aromatic N) is 3. The molecule has 0 aliphatic carbocycles. The summed E-state index contributed by atoms with van der Waals surface area (Å²) in [6.45, 7) is 4.91. The highest BCUT2D eigenvalue weighted by molar-refractivity contribution is 7.80. The Morgan fingerprint density at radius 2 is 2.08 bits per heavy atom. The van der Waals surface area contributed by atoms with Crippen LogP contribution >= 0.6 is 23.6 Å². The Morgan fingerprint density at radius 1 is 1.23 bits per heavy atom. The number of rotatable bonds is 6. The molecule has 0 bridgehead atoms. The van der Waals surface area contributed by atoms with Crippen LogP contribution in [0, 0.1) is 6.92 Å². The number of thiophene rings is 1. The van der Waals surface area contributed by atoms with Crippen molar-refractivity contribution < 1.29 is 0 Å². The summed E-state index contributed by atoms with van der Waals surface area (Å²) in [5, 5.41) is 5.48. The van der Waals surface area contributed by atoms with Crippen LogP contribution < -0.4 is 5.32 Å². The molecule has 134 valence electrons. The second-order valence-corrected chi connectivity index (χ2v) is 8.19. The summed E-state index contributed by atoms with van der Waals surface area (Å²) >= 11 is 7.41. The lowest BCUT2D eigenvalue weighted by Gasteiger charge is -2.30. The van der Waals surface area contributed by atoms with E-state index in [0.29, 0.717) is 0 Å². The lowest BCUT2D eigenvalue weighted by Crippen LogP contribution is -2.38. The number of hydrogen-bond donors (Lipinski definition) is 1. The molecule has 26 heavy (non-hydrogen) atoms. The summed E-state index contributed by atoms with van der Waals surface area (Å²) in [4.78, 5) is 7.83. The zero-order valence-corrected chi connectivity index (χ0v) is 16.4. The first-order valence-electron chi connectivity index (χ1n) is 8.87. The van der Waals surface area contributed by atoms with Crippen molar-refractivity contribution in [2.75, 3.05) is 11.9 Å². The number of anilines is 1. The average molecular weight is 383 g/mol. The molecular formula is C20H22N4S2. The standard InChI is InChI=1S/C20H22N4S2/c1-15-12-21-14-24(15)9-5-8-23-13-17-11-18(26-19(17)22-20(23)25)10-16-6-3-2-4-7-16/h2-4,6-7,11-12,14H,5,8-10,13H2,1H3,(H,22,25). The Labute approximate surface area is 163 Å². The molecular weight excluding hydrogens is 360 g/mol. The normalized spacial score (nSPS) is 13.6. The largest absolute Gasteiger partial charge is 0.344 e. The summed E-state index contributed by atoms with van der Waals surface area (Å²) in [7, 11) is 0. The van der Waals surface area contributed by atoms with Gasteiger partial charge in [0.1, 0.15) is 0 Å². The van der Waals surface area contributed by atoms with Gasteiger partial charge in [0, 0.05) is 48.4 Å². The van der Waals surface area contributed by atoms with E-state index in [1.54, 1.807) is 0 Å². The maximum absolute atomic E-state index is 5.58. The molecule has 3 heterocycles. The minimum Gasteiger partial charge on any atom is -0.344 e. The summed E-state index contributed by atoms with van der Waals surface area (Å²) in [5.41, 5.74) is 3.91. The first kappa shape index (κ1) is 17.2. The van der Waals surface area contributed by atoms with Gasteiger partial charge in [0.15, 0.2) is 5.11 Å². The van der Waals surface area contributed by atoms with Gasteiger partial charge in [0.05, 0.1) is 11.3 Å². The SMILES string of the molecule is Cc1cncn1CCCN1Cc2cc(Cc3ccccc3)sc2NC1=S. The van der Waals surface area contributed by atoms with Crippen LogP contribution in [0.25, 0.3) is 0 Å². The van der Waals surface area contributed by atoms with Gasteiger partial charge in [-0.2, -0.15) is 0 Å². The number of benzene rings is 1. The van der Waals surface area contributed by atoms with Crippen LogP contribution in [0.1, 0.15) is 28.1 Å². The van der Waals surface area contributed by atoms with Crippen LogP contribution in [0.3, 0.4) is 0 Å². The first-order chi connectivity index (χ1) is 12.7. The van der Waals surface area contributed by atoms with Crippen molar-refractivity contribution in [1.82, 2.24) is 14.5 Å². The van der Waals surface area contributed by atoms with Gasteiger partial charge < -0.3 is 14.8 Å². The van der Waals surface area contributed by atoms with E-state index in [-0.39, 0.29) is 0 Å². The number of hydrogen-bond acceptors (Lipinski definition) is 3. The second kappa shape index (κ2) is 7.60. The molecule has 0 saturated carbocycles. The molecule has 0 radical (unpaired) electrons. The van der Waals surface area contributed by atoms with Gasteiger partial charge in [0.25, 0.3) is 0 Å². The van der Waals surface area contributed by atoms with Gasteiger partial charge in [-0.05, 0) is 37.2 Å². The van der Waals surface area contributed by atoms with Crippen molar-refractivity contribution in [2.24, 2.45) is 0 Å². The van der Waals surface area contributed by atoms with Crippen LogP contribution in [-0.4, -0.2) is 26.1 Å². The fourth-order valence-corrected chi connectivity index (χ4v) is 4.71. The molecule has 0 unspecified atom stereocenters. The summed E-state index contributed by atoms with van der Waals surface area (Å²) < 4.78 is 2.19. The van der Waals surface area contributed by atoms with Crippen molar-refractivity contribution in [3.8, 4) is 0 Å². The minimum atomic E-state index is 0.841. The number of nitrogens with one attached hydrogen (secondary N) is 1. The van der Waals surface area contributed by atoms with Gasteiger partial charge in [0.2, 0.25) is 0 Å². The van der Waals surface area contributed by atoms with E-state index in [9.17, 15) is 0 Å². The Bertz CT molecular complexity index is 898.